The summed E-state index contributed by atoms with van der Waals surface area (Å²) in [6, 6.07) is 11.1. The van der Waals surface area contributed by atoms with Gasteiger partial charge in [-0.2, -0.15) is 0 Å². The molecule has 1 atom stereocenters. The highest BCUT2D eigenvalue weighted by atomic mass is 16.2. The second kappa shape index (κ2) is 5.38. The SMILES string of the molecule is CC1CCCN1C(=O)c1cc2c(c3ccccc3n2CC2CC2)n1C. The average Bonchev–Trinajstić information content (AvgIpc) is 3.11. The smallest absolute Gasteiger partial charge is 0.270 e. The van der Waals surface area contributed by atoms with Gasteiger partial charge in [-0.3, -0.25) is 4.79 Å². The van der Waals surface area contributed by atoms with Crippen molar-refractivity contribution in [2.75, 3.05) is 6.54 Å². The van der Waals surface area contributed by atoms with Crippen LogP contribution < -0.4 is 0 Å². The highest BCUT2D eigenvalue weighted by Crippen LogP contribution is 2.37. The van der Waals surface area contributed by atoms with Crippen molar-refractivity contribution in [2.24, 2.45) is 13.0 Å². The maximum atomic E-state index is 13.1. The molecule has 4 nitrogen and oxygen atoms in total. The molecule has 2 fully saturated rings. The van der Waals surface area contributed by atoms with Crippen molar-refractivity contribution in [3.8, 4) is 0 Å². The van der Waals surface area contributed by atoms with E-state index in [4.69, 9.17) is 0 Å². The molecule has 1 unspecified atom stereocenters. The number of fused-ring (bicyclic) bond motifs is 3. The lowest BCUT2D eigenvalue weighted by Crippen LogP contribution is -2.34. The normalized spacial score (nSPS) is 20.9. The Morgan fingerprint density at radius 2 is 1.96 bits per heavy atom. The second-order valence-corrected chi connectivity index (χ2v) is 7.88. The molecule has 130 valence electrons. The van der Waals surface area contributed by atoms with Crippen molar-refractivity contribution >= 4 is 27.8 Å². The van der Waals surface area contributed by atoms with E-state index in [1.165, 1.54) is 34.8 Å². The van der Waals surface area contributed by atoms with Gasteiger partial charge < -0.3 is 14.0 Å². The molecular formula is C21H25N3O. The summed E-state index contributed by atoms with van der Waals surface area (Å²) in [6.45, 7) is 4.12. The molecule has 1 aliphatic carbocycles. The summed E-state index contributed by atoms with van der Waals surface area (Å²) in [5, 5.41) is 1.26. The zero-order valence-electron chi connectivity index (χ0n) is 15.0. The van der Waals surface area contributed by atoms with Gasteiger partial charge in [-0.15, -0.1) is 0 Å². The van der Waals surface area contributed by atoms with Crippen LogP contribution in [0.2, 0.25) is 0 Å². The quantitative estimate of drug-likeness (QED) is 0.706. The first-order chi connectivity index (χ1) is 12.1. The summed E-state index contributed by atoms with van der Waals surface area (Å²) in [7, 11) is 2.05. The molecule has 2 aromatic heterocycles. The molecule has 1 saturated heterocycles. The van der Waals surface area contributed by atoms with Crippen molar-refractivity contribution in [3.05, 3.63) is 36.0 Å². The number of para-hydroxylation sites is 1. The van der Waals surface area contributed by atoms with Gasteiger partial charge >= 0.3 is 0 Å². The Balaban J connectivity index is 1.69. The zero-order chi connectivity index (χ0) is 17.1. The number of amides is 1. The summed E-state index contributed by atoms with van der Waals surface area (Å²) >= 11 is 0. The second-order valence-electron chi connectivity index (χ2n) is 7.88. The largest absolute Gasteiger partial charge is 0.339 e. The number of aromatic nitrogens is 2. The number of likely N-dealkylation sites (tertiary alicyclic amines) is 1. The maximum absolute atomic E-state index is 13.1. The predicted octanol–water partition coefficient (Wildman–Crippen LogP) is 4.17. The molecule has 1 aliphatic heterocycles. The molecule has 0 radical (unpaired) electrons. The van der Waals surface area contributed by atoms with Crippen LogP contribution in [0, 0.1) is 5.92 Å². The number of hydrogen-bond acceptors (Lipinski definition) is 1. The van der Waals surface area contributed by atoms with Gasteiger partial charge in [0.25, 0.3) is 5.91 Å². The molecule has 1 saturated carbocycles. The highest BCUT2D eigenvalue weighted by molar-refractivity contribution is 6.10. The van der Waals surface area contributed by atoms with Crippen molar-refractivity contribution in [3.63, 3.8) is 0 Å². The van der Waals surface area contributed by atoms with Crippen LogP contribution in [0.5, 0.6) is 0 Å². The van der Waals surface area contributed by atoms with E-state index in [0.717, 1.165) is 37.5 Å². The van der Waals surface area contributed by atoms with Gasteiger partial charge in [-0.1, -0.05) is 18.2 Å². The number of aryl methyl sites for hydroxylation is 1. The van der Waals surface area contributed by atoms with E-state index in [-0.39, 0.29) is 5.91 Å². The Morgan fingerprint density at radius 3 is 2.68 bits per heavy atom. The molecule has 0 spiro atoms. The number of carbonyl (C=O) groups is 1. The van der Waals surface area contributed by atoms with Crippen molar-refractivity contribution in [1.29, 1.82) is 0 Å². The van der Waals surface area contributed by atoms with Crippen LogP contribution in [0.1, 0.15) is 43.1 Å². The van der Waals surface area contributed by atoms with Gasteiger partial charge in [0.15, 0.2) is 0 Å². The number of carbonyl (C=O) groups excluding carboxylic acids is 1. The molecule has 4 heteroatoms. The molecule has 1 amide bonds. The number of benzene rings is 1. The molecule has 3 aromatic rings. The summed E-state index contributed by atoms with van der Waals surface area (Å²) < 4.78 is 4.56. The lowest BCUT2D eigenvalue weighted by atomic mass is 10.2. The van der Waals surface area contributed by atoms with Gasteiger partial charge in [0.2, 0.25) is 0 Å². The molecule has 25 heavy (non-hydrogen) atoms. The Bertz CT molecular complexity index is 976. The minimum Gasteiger partial charge on any atom is -0.339 e. The van der Waals surface area contributed by atoms with E-state index in [1.807, 2.05) is 11.9 Å². The van der Waals surface area contributed by atoms with E-state index in [9.17, 15) is 4.79 Å². The Labute approximate surface area is 148 Å². The minimum absolute atomic E-state index is 0.186. The Hall–Kier alpha value is -2.23. The lowest BCUT2D eigenvalue weighted by Gasteiger charge is -2.21. The molecule has 0 N–H and O–H groups in total. The van der Waals surface area contributed by atoms with E-state index >= 15 is 0 Å². The van der Waals surface area contributed by atoms with E-state index in [0.29, 0.717) is 6.04 Å². The van der Waals surface area contributed by atoms with Crippen LogP contribution in [0.15, 0.2) is 30.3 Å². The van der Waals surface area contributed by atoms with Crippen LogP contribution in [0.4, 0.5) is 0 Å². The first-order valence-corrected chi connectivity index (χ1v) is 9.53. The number of hydrogen-bond donors (Lipinski definition) is 0. The first-order valence-electron chi connectivity index (χ1n) is 9.53. The van der Waals surface area contributed by atoms with Crippen LogP contribution >= 0.6 is 0 Å². The van der Waals surface area contributed by atoms with Crippen LogP contribution in [0.25, 0.3) is 21.9 Å². The lowest BCUT2D eigenvalue weighted by molar-refractivity contribution is 0.0738. The summed E-state index contributed by atoms with van der Waals surface area (Å²) in [5.41, 5.74) is 4.54. The zero-order valence-corrected chi connectivity index (χ0v) is 15.0. The van der Waals surface area contributed by atoms with Gasteiger partial charge in [-0.05, 0) is 50.7 Å². The highest BCUT2D eigenvalue weighted by Gasteiger charge is 2.30. The fraction of sp³-hybridized carbons (Fsp3) is 0.476. The van der Waals surface area contributed by atoms with Crippen molar-refractivity contribution in [1.82, 2.24) is 14.0 Å². The van der Waals surface area contributed by atoms with Gasteiger partial charge in [-0.25, -0.2) is 0 Å². The van der Waals surface area contributed by atoms with Crippen LogP contribution in [-0.4, -0.2) is 32.5 Å². The predicted molar refractivity (Wildman–Crippen MR) is 101 cm³/mol. The van der Waals surface area contributed by atoms with Gasteiger partial charge in [0.05, 0.1) is 16.6 Å². The fourth-order valence-electron chi connectivity index (χ4n) is 4.49. The Morgan fingerprint density at radius 1 is 1.16 bits per heavy atom. The molecule has 5 rings (SSSR count). The number of rotatable bonds is 3. The molecule has 3 heterocycles. The Kier molecular flexibility index (Phi) is 3.24. The number of nitrogens with zero attached hydrogens (tertiary/aromatic N) is 3. The van der Waals surface area contributed by atoms with Crippen LogP contribution in [0.3, 0.4) is 0 Å². The first kappa shape index (κ1) is 15.1. The molecule has 2 aliphatic rings. The topological polar surface area (TPSA) is 30.2 Å². The minimum atomic E-state index is 0.186. The van der Waals surface area contributed by atoms with Crippen molar-refractivity contribution < 1.29 is 4.79 Å². The summed E-state index contributed by atoms with van der Waals surface area (Å²) in [6.07, 6.45) is 4.90. The third-order valence-electron chi connectivity index (χ3n) is 6.12. The average molecular weight is 335 g/mol. The third-order valence-corrected chi connectivity index (χ3v) is 6.12. The fourth-order valence-corrected chi connectivity index (χ4v) is 4.49. The molecule has 1 aromatic carbocycles. The third kappa shape index (κ3) is 2.23. The monoisotopic (exact) mass is 335 g/mol. The van der Waals surface area contributed by atoms with E-state index in [2.05, 4.69) is 46.4 Å². The molecular weight excluding hydrogens is 310 g/mol. The van der Waals surface area contributed by atoms with Crippen LogP contribution in [-0.2, 0) is 13.6 Å². The summed E-state index contributed by atoms with van der Waals surface area (Å²) in [5.74, 6) is 0.989. The van der Waals surface area contributed by atoms with E-state index in [1.54, 1.807) is 0 Å². The van der Waals surface area contributed by atoms with Gasteiger partial charge in [0, 0.05) is 31.6 Å². The molecule has 0 bridgehead atoms. The summed E-state index contributed by atoms with van der Waals surface area (Å²) in [4.78, 5) is 15.2. The standard InChI is InChI=1S/C21H25N3O/c1-14-6-5-11-23(14)21(25)19-12-18-20(22(19)2)16-7-3-4-8-17(16)24(18)13-15-9-10-15/h3-4,7-8,12,14-15H,5-6,9-11,13H2,1-2H3. The van der Waals surface area contributed by atoms with Gasteiger partial charge in [0.1, 0.15) is 5.69 Å². The maximum Gasteiger partial charge on any atom is 0.270 e. The van der Waals surface area contributed by atoms with E-state index < -0.39 is 0 Å². The van der Waals surface area contributed by atoms with Crippen molar-refractivity contribution in [2.45, 2.75) is 45.2 Å².